The van der Waals surface area contributed by atoms with Crippen molar-refractivity contribution in [3.63, 3.8) is 0 Å². The first-order chi connectivity index (χ1) is 11.0. The van der Waals surface area contributed by atoms with Gasteiger partial charge in [0, 0.05) is 18.4 Å². The minimum absolute atomic E-state index is 0.0769. The molecule has 122 valence electrons. The van der Waals surface area contributed by atoms with Crippen molar-refractivity contribution < 1.29 is 19.4 Å². The molecule has 0 radical (unpaired) electrons. The molecule has 0 amide bonds. The highest BCUT2D eigenvalue weighted by Gasteiger charge is 2.30. The number of aliphatic carboxylic acids is 1. The van der Waals surface area contributed by atoms with Gasteiger partial charge in [0.15, 0.2) is 0 Å². The number of methoxy groups -OCH3 is 1. The number of H-pyrrole nitrogens is 1. The average Bonchev–Trinajstić information content (AvgIpc) is 2.94. The van der Waals surface area contributed by atoms with Gasteiger partial charge in [0.05, 0.1) is 18.6 Å². The van der Waals surface area contributed by atoms with Crippen LogP contribution in [0.4, 0.5) is 0 Å². The van der Waals surface area contributed by atoms with E-state index in [0.717, 1.165) is 12.8 Å². The summed E-state index contributed by atoms with van der Waals surface area (Å²) in [5.74, 6) is -1.80. The van der Waals surface area contributed by atoms with E-state index in [1.54, 1.807) is 17.0 Å². The number of ether oxygens (including phenoxy) is 1. The number of nitrogens with zero attached hydrogens (tertiary/aromatic N) is 2. The summed E-state index contributed by atoms with van der Waals surface area (Å²) in [6.45, 7) is 0. The van der Waals surface area contributed by atoms with Crippen molar-refractivity contribution in [1.29, 1.82) is 0 Å². The Labute approximate surface area is 131 Å². The van der Waals surface area contributed by atoms with Gasteiger partial charge in [0.25, 0.3) is 5.56 Å². The maximum absolute atomic E-state index is 12.0. The fourth-order valence-electron chi connectivity index (χ4n) is 3.19. The maximum atomic E-state index is 12.0. The van der Waals surface area contributed by atoms with Crippen LogP contribution in [0.5, 0.6) is 0 Å². The predicted octanol–water partition coefficient (Wildman–Crippen LogP) is 1.28. The van der Waals surface area contributed by atoms with Gasteiger partial charge in [-0.15, -0.1) is 0 Å². The molecule has 2 heterocycles. The number of carbonyl (C=O) groups is 2. The van der Waals surface area contributed by atoms with Crippen molar-refractivity contribution in [2.75, 3.05) is 7.11 Å². The molecule has 2 N–H and O–H groups in total. The summed E-state index contributed by atoms with van der Waals surface area (Å²) in [5.41, 5.74) is 0.375. The molecule has 8 nitrogen and oxygen atoms in total. The van der Waals surface area contributed by atoms with E-state index in [4.69, 9.17) is 4.74 Å². The third kappa shape index (κ3) is 2.71. The molecule has 0 bridgehead atoms. The Morgan fingerprint density at radius 2 is 2.17 bits per heavy atom. The molecule has 0 saturated heterocycles. The van der Waals surface area contributed by atoms with Gasteiger partial charge in [0.2, 0.25) is 0 Å². The first-order valence-electron chi connectivity index (χ1n) is 7.42. The number of carboxylic acids is 1. The summed E-state index contributed by atoms with van der Waals surface area (Å²) in [6.07, 6.45) is 5.92. The van der Waals surface area contributed by atoms with E-state index in [2.05, 4.69) is 10.2 Å². The van der Waals surface area contributed by atoms with E-state index in [-0.39, 0.29) is 22.9 Å². The molecule has 3 rings (SSSR count). The van der Waals surface area contributed by atoms with Gasteiger partial charge in [0.1, 0.15) is 11.3 Å². The molecule has 0 aromatic rings. The van der Waals surface area contributed by atoms with Gasteiger partial charge in [-0.3, -0.25) is 9.59 Å². The number of aromatic nitrogens is 3. The van der Waals surface area contributed by atoms with E-state index in [1.807, 2.05) is 0 Å². The summed E-state index contributed by atoms with van der Waals surface area (Å²) in [5, 5.41) is 15.4. The quantitative estimate of drug-likeness (QED) is 0.824. The van der Waals surface area contributed by atoms with Crippen LogP contribution >= 0.6 is 0 Å². The Hall–Kier alpha value is -2.64. The molecule has 2 atom stereocenters. The van der Waals surface area contributed by atoms with Gasteiger partial charge in [-0.2, -0.15) is 5.10 Å². The summed E-state index contributed by atoms with van der Waals surface area (Å²) in [4.78, 5) is 35.1. The van der Waals surface area contributed by atoms with Crippen LogP contribution in [0, 0.1) is 5.92 Å². The average molecular weight is 319 g/mol. The Kier molecular flexibility index (Phi) is 3.89. The van der Waals surface area contributed by atoms with Crippen molar-refractivity contribution in [3.05, 3.63) is 28.3 Å². The van der Waals surface area contributed by atoms with Crippen molar-refractivity contribution in [2.24, 2.45) is 5.92 Å². The molecule has 2 aliphatic heterocycles. The van der Waals surface area contributed by atoms with Gasteiger partial charge < -0.3 is 14.4 Å². The first kappa shape index (κ1) is 15.3. The standard InChI is InChI=1S/C15H17N3O5/c1-23-15(22)11-7-18(6-10-12(11)16-17-13(10)19)9-4-2-3-8(5-9)14(20)21/h6-9H,2-5H2,1H3,(H,17,19)(H,20,21)/t8-,9+/m1/s1. The highest BCUT2D eigenvalue weighted by atomic mass is 16.5. The van der Waals surface area contributed by atoms with Crippen LogP contribution in [0.3, 0.4) is 0 Å². The fraction of sp³-hybridized carbons (Fsp3) is 0.467. The third-order valence-electron chi connectivity index (χ3n) is 4.40. The number of aromatic amines is 1. The molecule has 0 aromatic carbocycles. The number of hydrogen-bond donors (Lipinski definition) is 2. The lowest BCUT2D eigenvalue weighted by Crippen LogP contribution is -2.25. The van der Waals surface area contributed by atoms with Crippen LogP contribution in [0.1, 0.15) is 42.1 Å². The zero-order valence-electron chi connectivity index (χ0n) is 12.6. The van der Waals surface area contributed by atoms with Crippen LogP contribution in [-0.4, -0.2) is 38.9 Å². The van der Waals surface area contributed by atoms with E-state index >= 15 is 0 Å². The summed E-state index contributed by atoms with van der Waals surface area (Å²) < 4.78 is 6.50. The molecular formula is C15H17N3O5. The number of carbonyl (C=O) groups excluding carboxylic acids is 1. The number of pyridine rings is 1. The smallest absolute Gasteiger partial charge is 0.341 e. The highest BCUT2D eigenvalue weighted by Crippen LogP contribution is 2.34. The molecule has 8 heteroatoms. The lowest BCUT2D eigenvalue weighted by molar-refractivity contribution is -0.143. The molecule has 0 spiro atoms. The summed E-state index contributed by atoms with van der Waals surface area (Å²) in [6, 6.07) is -0.0769. The molecule has 0 unspecified atom stereocenters. The molecule has 3 aliphatic rings. The minimum atomic E-state index is -0.808. The number of esters is 1. The minimum Gasteiger partial charge on any atom is -0.481 e. The molecule has 1 saturated carbocycles. The Morgan fingerprint density at radius 1 is 1.39 bits per heavy atom. The Balaban J connectivity index is 2.05. The number of fused-ring (bicyclic) bond motifs is 1. The Morgan fingerprint density at radius 3 is 2.87 bits per heavy atom. The number of nitrogens with one attached hydrogen (secondary N) is 1. The maximum Gasteiger partial charge on any atom is 0.341 e. The van der Waals surface area contributed by atoms with Crippen LogP contribution in [0.15, 0.2) is 17.2 Å². The third-order valence-corrected chi connectivity index (χ3v) is 4.40. The van der Waals surface area contributed by atoms with E-state index in [9.17, 15) is 19.5 Å². The second-order valence-electron chi connectivity index (χ2n) is 5.78. The van der Waals surface area contributed by atoms with Crippen LogP contribution < -0.4 is 5.56 Å². The SMILES string of the molecule is COC(=O)c1cn([C@H]2CCC[C@@H](C(=O)O)C2)cc2c(=O)[nH]nc1-2. The first-order valence-corrected chi connectivity index (χ1v) is 7.42. The molecule has 23 heavy (non-hydrogen) atoms. The van der Waals surface area contributed by atoms with Gasteiger partial charge in [-0.1, -0.05) is 6.42 Å². The summed E-state index contributed by atoms with van der Waals surface area (Å²) in [7, 11) is 1.26. The molecule has 1 fully saturated rings. The second kappa shape index (κ2) is 5.86. The highest BCUT2D eigenvalue weighted by molar-refractivity contribution is 5.95. The number of rotatable bonds is 3. The van der Waals surface area contributed by atoms with E-state index in [1.165, 1.54) is 7.11 Å². The lowest BCUT2D eigenvalue weighted by atomic mass is 9.85. The van der Waals surface area contributed by atoms with Crippen molar-refractivity contribution in [1.82, 2.24) is 14.8 Å². The zero-order chi connectivity index (χ0) is 16.6. The Bertz CT molecular complexity index is 778. The largest absolute Gasteiger partial charge is 0.481 e. The van der Waals surface area contributed by atoms with Crippen molar-refractivity contribution >= 4 is 11.9 Å². The second-order valence-corrected chi connectivity index (χ2v) is 5.78. The van der Waals surface area contributed by atoms with Gasteiger partial charge in [-0.25, -0.2) is 9.89 Å². The number of hydrogen-bond acceptors (Lipinski definition) is 5. The lowest BCUT2D eigenvalue weighted by Gasteiger charge is -2.29. The van der Waals surface area contributed by atoms with Crippen LogP contribution in [0.2, 0.25) is 0 Å². The van der Waals surface area contributed by atoms with E-state index < -0.39 is 17.9 Å². The predicted molar refractivity (Wildman–Crippen MR) is 79.4 cm³/mol. The van der Waals surface area contributed by atoms with E-state index in [0.29, 0.717) is 18.4 Å². The van der Waals surface area contributed by atoms with Crippen molar-refractivity contribution in [3.8, 4) is 11.3 Å². The van der Waals surface area contributed by atoms with Crippen molar-refractivity contribution in [2.45, 2.75) is 31.7 Å². The molecule has 0 aromatic heterocycles. The topological polar surface area (TPSA) is 114 Å². The fourth-order valence-corrected chi connectivity index (χ4v) is 3.19. The van der Waals surface area contributed by atoms with Crippen LogP contribution in [0.25, 0.3) is 11.3 Å². The zero-order valence-corrected chi connectivity index (χ0v) is 12.6. The van der Waals surface area contributed by atoms with Gasteiger partial charge in [-0.05, 0) is 19.3 Å². The summed E-state index contributed by atoms with van der Waals surface area (Å²) >= 11 is 0. The number of carboxylic acid groups (broad SMARTS) is 1. The monoisotopic (exact) mass is 319 g/mol. The molecular weight excluding hydrogens is 302 g/mol. The normalized spacial score (nSPS) is 21.3. The molecule has 1 aliphatic carbocycles. The van der Waals surface area contributed by atoms with Crippen LogP contribution in [-0.2, 0) is 9.53 Å². The van der Waals surface area contributed by atoms with Gasteiger partial charge >= 0.3 is 11.9 Å².